The summed E-state index contributed by atoms with van der Waals surface area (Å²) >= 11 is 0. The summed E-state index contributed by atoms with van der Waals surface area (Å²) in [6, 6.07) is 8.59. The van der Waals surface area contributed by atoms with Crippen molar-refractivity contribution in [3.05, 3.63) is 36.5 Å². The minimum absolute atomic E-state index is 0. The number of nitrogens with zero attached hydrogens (tertiary/aromatic N) is 2. The van der Waals surface area contributed by atoms with E-state index in [9.17, 15) is 19.5 Å². The number of phenolic OH excluding ortho intramolecular Hbond substituents is 1. The van der Waals surface area contributed by atoms with Crippen LogP contribution >= 0.6 is 0 Å². The molecule has 1 atom stereocenters. The van der Waals surface area contributed by atoms with Gasteiger partial charge in [0.25, 0.3) is 0 Å². The zero-order valence-electron chi connectivity index (χ0n) is 19.3. The number of aromatic hydroxyl groups is 1. The third kappa shape index (κ3) is 6.09. The molecule has 0 bridgehead atoms. The van der Waals surface area contributed by atoms with Crippen molar-refractivity contribution in [2.45, 2.75) is 64.3 Å². The van der Waals surface area contributed by atoms with Gasteiger partial charge in [0.05, 0.1) is 0 Å². The molecule has 2 N–H and O–H groups in total. The summed E-state index contributed by atoms with van der Waals surface area (Å²) in [4.78, 5) is 41.4. The molecule has 4 rings (SSSR count). The number of pyridine rings is 1. The van der Waals surface area contributed by atoms with Gasteiger partial charge in [0.1, 0.15) is 17.2 Å². The molecule has 2 aliphatic rings. The number of hydrogen-bond acceptors (Lipinski definition) is 5. The third-order valence-electron chi connectivity index (χ3n) is 5.70. The standard InChI is InChI=1S/C14H22N2O3.C9H7NO.Li.H/c1-2-3-9-11-12(17)15-14(19)16(13(11)18)10-7-5-4-6-8-10;11-8-5-1-3-7-4-2-6-10-9(7)8;;/h10-11H,2-9H2,1H3,(H,15,17,19);1-6,11H;;/q;;+1;-1. The fourth-order valence-electron chi connectivity index (χ4n) is 4.07. The SMILES string of the molecule is CCCCC1C(=O)NC(=O)N(C2CCCCC2)C1=O.Oc1cccc2cccnc12.[H-].[Li+]. The molecule has 8 heteroatoms. The average Bonchev–Trinajstić information content (AvgIpc) is 2.75. The third-order valence-corrected chi connectivity index (χ3v) is 5.70. The van der Waals surface area contributed by atoms with Crippen molar-refractivity contribution in [1.82, 2.24) is 15.2 Å². The molecule has 1 saturated heterocycles. The molecule has 1 saturated carbocycles. The van der Waals surface area contributed by atoms with Crippen molar-refractivity contribution < 1.29 is 39.8 Å². The summed E-state index contributed by atoms with van der Waals surface area (Å²) in [7, 11) is 0. The second kappa shape index (κ2) is 11.9. The van der Waals surface area contributed by atoms with E-state index in [0.29, 0.717) is 11.9 Å². The second-order valence-electron chi connectivity index (χ2n) is 7.84. The number of amides is 4. The van der Waals surface area contributed by atoms with Crippen LogP contribution < -0.4 is 24.2 Å². The molecule has 2 heterocycles. The van der Waals surface area contributed by atoms with Gasteiger partial charge in [-0.25, -0.2) is 4.79 Å². The van der Waals surface area contributed by atoms with E-state index in [1.165, 1.54) is 11.3 Å². The number of rotatable bonds is 4. The molecule has 1 aromatic carbocycles. The summed E-state index contributed by atoms with van der Waals surface area (Å²) in [6.45, 7) is 2.02. The number of nitrogens with one attached hydrogen (secondary N) is 1. The van der Waals surface area contributed by atoms with E-state index in [2.05, 4.69) is 10.3 Å². The molecule has 1 aliphatic carbocycles. The molecular weight excluding hydrogens is 389 g/mol. The quantitative estimate of drug-likeness (QED) is 0.574. The van der Waals surface area contributed by atoms with Crippen LogP contribution in [0.3, 0.4) is 0 Å². The molecule has 4 amide bonds. The van der Waals surface area contributed by atoms with Crippen LogP contribution in [-0.2, 0) is 9.59 Å². The molecule has 2 aromatic rings. The summed E-state index contributed by atoms with van der Waals surface area (Å²) in [5.74, 6) is -1.13. The van der Waals surface area contributed by atoms with Crippen LogP contribution in [0.4, 0.5) is 4.79 Å². The Morgan fingerprint density at radius 1 is 1.13 bits per heavy atom. The van der Waals surface area contributed by atoms with E-state index in [0.717, 1.165) is 43.9 Å². The molecule has 162 valence electrons. The first-order chi connectivity index (χ1) is 14.5. The molecular formula is C23H30LiN3O4. The number of unbranched alkanes of at least 4 members (excludes halogenated alkanes) is 1. The number of imide groups is 2. The number of fused-ring (bicyclic) bond motifs is 1. The van der Waals surface area contributed by atoms with Crippen molar-refractivity contribution in [3.8, 4) is 5.75 Å². The first-order valence-corrected chi connectivity index (χ1v) is 10.7. The maximum Gasteiger partial charge on any atom is 1.00 e. The van der Waals surface area contributed by atoms with Gasteiger partial charge in [-0.15, -0.1) is 0 Å². The van der Waals surface area contributed by atoms with Crippen molar-refractivity contribution >= 4 is 28.7 Å². The first-order valence-electron chi connectivity index (χ1n) is 10.7. The number of benzene rings is 1. The number of para-hydroxylation sites is 1. The normalized spacial score (nSPS) is 19.3. The second-order valence-corrected chi connectivity index (χ2v) is 7.84. The Bertz CT molecular complexity index is 916. The van der Waals surface area contributed by atoms with E-state index < -0.39 is 17.9 Å². The Labute approximate surface area is 196 Å². The van der Waals surface area contributed by atoms with Crippen LogP contribution in [-0.4, -0.2) is 38.9 Å². The number of barbiturate groups is 1. The number of carbonyl (C=O) groups is 3. The number of carbonyl (C=O) groups excluding carboxylic acids is 3. The number of urea groups is 1. The van der Waals surface area contributed by atoms with Gasteiger partial charge >= 0.3 is 24.9 Å². The number of hydrogen-bond donors (Lipinski definition) is 2. The predicted octanol–water partition coefficient (Wildman–Crippen LogP) is 1.26. The molecule has 7 nitrogen and oxygen atoms in total. The van der Waals surface area contributed by atoms with Crippen LogP contribution in [0.2, 0.25) is 0 Å². The maximum absolute atomic E-state index is 12.4. The van der Waals surface area contributed by atoms with Crippen LogP contribution in [0.1, 0.15) is 59.7 Å². The topological polar surface area (TPSA) is 99.6 Å². The van der Waals surface area contributed by atoms with Crippen LogP contribution in [0, 0.1) is 5.92 Å². The molecule has 1 aliphatic heterocycles. The molecule has 0 spiro atoms. The Kier molecular flexibility index (Phi) is 9.54. The van der Waals surface area contributed by atoms with E-state index >= 15 is 0 Å². The Balaban J connectivity index is 0.000000338. The van der Waals surface area contributed by atoms with Crippen LogP contribution in [0.25, 0.3) is 10.9 Å². The van der Waals surface area contributed by atoms with E-state index in [1.54, 1.807) is 18.3 Å². The van der Waals surface area contributed by atoms with Crippen molar-refractivity contribution in [2.75, 3.05) is 0 Å². The van der Waals surface area contributed by atoms with Crippen molar-refractivity contribution in [3.63, 3.8) is 0 Å². The molecule has 2 fully saturated rings. The molecule has 0 radical (unpaired) electrons. The summed E-state index contributed by atoms with van der Waals surface area (Å²) < 4.78 is 0. The zero-order chi connectivity index (χ0) is 21.5. The zero-order valence-corrected chi connectivity index (χ0v) is 18.3. The minimum atomic E-state index is -0.667. The fraction of sp³-hybridized carbons (Fsp3) is 0.478. The van der Waals surface area contributed by atoms with E-state index in [-0.39, 0.29) is 38.0 Å². The summed E-state index contributed by atoms with van der Waals surface area (Å²) in [5, 5.41) is 12.6. The summed E-state index contributed by atoms with van der Waals surface area (Å²) in [6.07, 6.45) is 8.98. The molecule has 1 unspecified atom stereocenters. The van der Waals surface area contributed by atoms with E-state index in [4.69, 9.17) is 0 Å². The van der Waals surface area contributed by atoms with Gasteiger partial charge in [-0.3, -0.25) is 24.8 Å². The van der Waals surface area contributed by atoms with Gasteiger partial charge in [0, 0.05) is 17.6 Å². The Morgan fingerprint density at radius 2 is 1.84 bits per heavy atom. The largest absolute Gasteiger partial charge is 1.00 e. The Morgan fingerprint density at radius 3 is 2.52 bits per heavy atom. The van der Waals surface area contributed by atoms with Gasteiger partial charge in [-0.1, -0.05) is 57.2 Å². The van der Waals surface area contributed by atoms with Crippen molar-refractivity contribution in [2.24, 2.45) is 5.92 Å². The maximum atomic E-state index is 12.4. The number of aromatic nitrogens is 1. The minimum Gasteiger partial charge on any atom is -1.00 e. The van der Waals surface area contributed by atoms with E-state index in [1.807, 2.05) is 25.1 Å². The smallest absolute Gasteiger partial charge is 1.00 e. The molecule has 31 heavy (non-hydrogen) atoms. The molecule has 1 aromatic heterocycles. The Hall–Kier alpha value is -2.36. The number of phenols is 1. The monoisotopic (exact) mass is 419 g/mol. The fourth-order valence-corrected chi connectivity index (χ4v) is 4.07. The average molecular weight is 419 g/mol. The predicted molar refractivity (Wildman–Crippen MR) is 115 cm³/mol. The van der Waals surface area contributed by atoms with Gasteiger partial charge in [0.2, 0.25) is 11.8 Å². The van der Waals surface area contributed by atoms with Crippen molar-refractivity contribution in [1.29, 1.82) is 0 Å². The summed E-state index contributed by atoms with van der Waals surface area (Å²) in [5.41, 5.74) is 0.662. The van der Waals surface area contributed by atoms with Crippen LogP contribution in [0.5, 0.6) is 5.75 Å². The van der Waals surface area contributed by atoms with Gasteiger partial charge in [0.15, 0.2) is 0 Å². The first kappa shape index (κ1) is 24.9. The van der Waals surface area contributed by atoms with Gasteiger partial charge in [-0.2, -0.15) is 0 Å². The van der Waals surface area contributed by atoms with Gasteiger partial charge < -0.3 is 6.53 Å². The van der Waals surface area contributed by atoms with Gasteiger partial charge in [-0.05, 0) is 31.4 Å². The van der Waals surface area contributed by atoms with Crippen LogP contribution in [0.15, 0.2) is 36.5 Å².